The van der Waals surface area contributed by atoms with Gasteiger partial charge in [-0.3, -0.25) is 0 Å². The molecular formula is C20H17ClN4OS2. The van der Waals surface area contributed by atoms with Gasteiger partial charge in [0.2, 0.25) is 0 Å². The largest absolute Gasteiger partial charge is 0.497 e. The maximum absolute atomic E-state index is 6.27. The molecule has 0 atom stereocenters. The highest BCUT2D eigenvalue weighted by atomic mass is 35.5. The van der Waals surface area contributed by atoms with E-state index >= 15 is 0 Å². The van der Waals surface area contributed by atoms with Crippen LogP contribution in [-0.2, 0) is 12.8 Å². The summed E-state index contributed by atoms with van der Waals surface area (Å²) in [5.41, 5.74) is 2.96. The molecule has 0 unspecified atom stereocenters. The van der Waals surface area contributed by atoms with E-state index < -0.39 is 0 Å². The van der Waals surface area contributed by atoms with Gasteiger partial charge in [-0.2, -0.15) is 0 Å². The Balaban J connectivity index is 1.47. The number of benzene rings is 2. The highest BCUT2D eigenvalue weighted by Gasteiger charge is 2.13. The van der Waals surface area contributed by atoms with Crippen LogP contribution in [0.25, 0.3) is 22.0 Å². The van der Waals surface area contributed by atoms with Crippen molar-refractivity contribution in [2.75, 3.05) is 7.11 Å². The normalized spacial score (nSPS) is 11.0. The standard InChI is InChI=1S/C20H17ClN4OS2/c1-25-18(13-7-9-15(26-2)10-8-13)23-24-20(25)28-12-14-11-27-19(22-14)16-5-3-4-6-17(16)21/h3-11H,12H2,1-2H3. The average molecular weight is 429 g/mol. The lowest BCUT2D eigenvalue weighted by atomic mass is 10.2. The van der Waals surface area contributed by atoms with Gasteiger partial charge in [0.25, 0.3) is 0 Å². The number of ether oxygens (including phenoxy) is 1. The summed E-state index contributed by atoms with van der Waals surface area (Å²) in [5, 5.41) is 13.2. The third-order valence-electron chi connectivity index (χ3n) is 4.19. The Morgan fingerprint density at radius 1 is 1.11 bits per heavy atom. The molecule has 142 valence electrons. The van der Waals surface area contributed by atoms with Crippen LogP contribution in [0.1, 0.15) is 5.69 Å². The van der Waals surface area contributed by atoms with Gasteiger partial charge in [-0.1, -0.05) is 41.6 Å². The van der Waals surface area contributed by atoms with Gasteiger partial charge in [-0.05, 0) is 30.3 Å². The lowest BCUT2D eigenvalue weighted by molar-refractivity contribution is 0.415. The molecule has 4 rings (SSSR count). The number of thiazole rings is 1. The van der Waals surface area contributed by atoms with Gasteiger partial charge in [-0.25, -0.2) is 4.98 Å². The Morgan fingerprint density at radius 2 is 1.89 bits per heavy atom. The SMILES string of the molecule is COc1ccc(-c2nnc(SCc3csc(-c4ccccc4Cl)n3)n2C)cc1. The maximum Gasteiger partial charge on any atom is 0.191 e. The average Bonchev–Trinajstić information content (AvgIpc) is 3.33. The molecule has 0 radical (unpaired) electrons. The van der Waals surface area contributed by atoms with Crippen molar-refractivity contribution in [2.24, 2.45) is 7.05 Å². The fraction of sp³-hybridized carbons (Fsp3) is 0.150. The van der Waals surface area contributed by atoms with Crippen LogP contribution in [0.15, 0.2) is 59.1 Å². The number of rotatable bonds is 6. The van der Waals surface area contributed by atoms with Crippen LogP contribution >= 0.6 is 34.7 Å². The van der Waals surface area contributed by atoms with Crippen LogP contribution in [0.2, 0.25) is 5.02 Å². The van der Waals surface area contributed by atoms with Gasteiger partial charge in [0.05, 0.1) is 17.8 Å². The van der Waals surface area contributed by atoms with E-state index in [1.165, 1.54) is 0 Å². The van der Waals surface area contributed by atoms with Crippen LogP contribution in [0.5, 0.6) is 5.75 Å². The van der Waals surface area contributed by atoms with Crippen molar-refractivity contribution in [1.82, 2.24) is 19.7 Å². The molecule has 0 N–H and O–H groups in total. The molecule has 2 aromatic heterocycles. The van der Waals surface area contributed by atoms with Gasteiger partial charge >= 0.3 is 0 Å². The predicted octanol–water partition coefficient (Wildman–Crippen LogP) is 5.56. The summed E-state index contributed by atoms with van der Waals surface area (Å²) in [6.07, 6.45) is 0. The second-order valence-electron chi connectivity index (χ2n) is 6.01. The van der Waals surface area contributed by atoms with Gasteiger partial charge in [-0.15, -0.1) is 21.5 Å². The first-order chi connectivity index (χ1) is 13.7. The molecule has 4 aromatic rings. The van der Waals surface area contributed by atoms with E-state index in [0.717, 1.165) is 44.3 Å². The Labute approximate surface area is 176 Å². The van der Waals surface area contributed by atoms with E-state index in [-0.39, 0.29) is 0 Å². The molecule has 0 aliphatic rings. The van der Waals surface area contributed by atoms with E-state index in [2.05, 4.69) is 15.6 Å². The fourth-order valence-electron chi connectivity index (χ4n) is 2.70. The molecule has 0 amide bonds. The van der Waals surface area contributed by atoms with E-state index in [9.17, 15) is 0 Å². The first-order valence-electron chi connectivity index (χ1n) is 8.51. The Kier molecular flexibility index (Phi) is 5.66. The Morgan fingerprint density at radius 3 is 2.64 bits per heavy atom. The van der Waals surface area contributed by atoms with Crippen LogP contribution < -0.4 is 4.74 Å². The van der Waals surface area contributed by atoms with Gasteiger partial charge in [0.15, 0.2) is 11.0 Å². The van der Waals surface area contributed by atoms with Crippen molar-refractivity contribution in [3.05, 3.63) is 64.6 Å². The monoisotopic (exact) mass is 428 g/mol. The maximum atomic E-state index is 6.27. The predicted molar refractivity (Wildman–Crippen MR) is 115 cm³/mol. The summed E-state index contributed by atoms with van der Waals surface area (Å²) < 4.78 is 7.20. The molecule has 2 heterocycles. The van der Waals surface area contributed by atoms with Gasteiger partial charge in [0, 0.05) is 29.3 Å². The van der Waals surface area contributed by atoms with Crippen molar-refractivity contribution in [3.8, 4) is 27.7 Å². The summed E-state index contributed by atoms with van der Waals surface area (Å²) >= 11 is 9.48. The molecule has 0 saturated carbocycles. The highest BCUT2D eigenvalue weighted by Crippen LogP contribution is 2.32. The Bertz CT molecular complexity index is 1090. The second kappa shape index (κ2) is 8.34. The molecule has 8 heteroatoms. The molecule has 0 fully saturated rings. The van der Waals surface area contributed by atoms with Crippen molar-refractivity contribution >= 4 is 34.7 Å². The van der Waals surface area contributed by atoms with E-state index in [0.29, 0.717) is 5.02 Å². The number of aromatic nitrogens is 4. The van der Waals surface area contributed by atoms with E-state index in [4.69, 9.17) is 21.3 Å². The van der Waals surface area contributed by atoms with E-state index in [1.807, 2.05) is 60.1 Å². The number of methoxy groups -OCH3 is 1. The third kappa shape index (κ3) is 3.92. The van der Waals surface area contributed by atoms with Crippen LogP contribution in [0.3, 0.4) is 0 Å². The Hall–Kier alpha value is -2.35. The minimum Gasteiger partial charge on any atom is -0.497 e. The van der Waals surface area contributed by atoms with Crippen LogP contribution in [0.4, 0.5) is 0 Å². The summed E-state index contributed by atoms with van der Waals surface area (Å²) in [6, 6.07) is 15.6. The molecule has 28 heavy (non-hydrogen) atoms. The van der Waals surface area contributed by atoms with Gasteiger partial charge < -0.3 is 9.30 Å². The molecule has 0 aliphatic heterocycles. The summed E-state index contributed by atoms with van der Waals surface area (Å²) in [7, 11) is 3.62. The van der Waals surface area contributed by atoms with Crippen molar-refractivity contribution < 1.29 is 4.74 Å². The molecule has 0 spiro atoms. The quantitative estimate of drug-likeness (QED) is 0.376. The zero-order valence-electron chi connectivity index (χ0n) is 15.3. The van der Waals surface area contributed by atoms with Crippen molar-refractivity contribution in [1.29, 1.82) is 0 Å². The minimum atomic E-state index is 0.716. The first-order valence-corrected chi connectivity index (χ1v) is 10.8. The molecule has 0 bridgehead atoms. The highest BCUT2D eigenvalue weighted by molar-refractivity contribution is 7.98. The lowest BCUT2D eigenvalue weighted by Crippen LogP contribution is -1.95. The van der Waals surface area contributed by atoms with Gasteiger partial charge in [0.1, 0.15) is 10.8 Å². The number of hydrogen-bond acceptors (Lipinski definition) is 6. The summed E-state index contributed by atoms with van der Waals surface area (Å²) in [4.78, 5) is 4.71. The lowest BCUT2D eigenvalue weighted by Gasteiger charge is -2.04. The molecule has 0 aliphatic carbocycles. The molecule has 2 aromatic carbocycles. The number of nitrogens with zero attached hydrogens (tertiary/aromatic N) is 4. The minimum absolute atomic E-state index is 0.716. The topological polar surface area (TPSA) is 52.8 Å². The molecule has 5 nitrogen and oxygen atoms in total. The fourth-order valence-corrected chi connectivity index (χ4v) is 4.75. The summed E-state index contributed by atoms with van der Waals surface area (Å²) in [5.74, 6) is 2.36. The van der Waals surface area contributed by atoms with Crippen LogP contribution in [0, 0.1) is 0 Å². The second-order valence-corrected chi connectivity index (χ2v) is 8.21. The smallest absolute Gasteiger partial charge is 0.191 e. The van der Waals surface area contributed by atoms with E-state index in [1.54, 1.807) is 30.2 Å². The number of halogens is 1. The number of hydrogen-bond donors (Lipinski definition) is 0. The first kappa shape index (κ1) is 19.0. The third-order valence-corrected chi connectivity index (χ3v) is 6.50. The zero-order valence-corrected chi connectivity index (χ0v) is 17.7. The zero-order chi connectivity index (χ0) is 19.5. The van der Waals surface area contributed by atoms with Crippen LogP contribution in [-0.4, -0.2) is 26.9 Å². The summed E-state index contributed by atoms with van der Waals surface area (Å²) in [6.45, 7) is 0. The molecule has 0 saturated heterocycles. The van der Waals surface area contributed by atoms with Crippen molar-refractivity contribution in [2.45, 2.75) is 10.9 Å². The van der Waals surface area contributed by atoms with Crippen molar-refractivity contribution in [3.63, 3.8) is 0 Å². The molecular weight excluding hydrogens is 412 g/mol. The number of thioether (sulfide) groups is 1.